The van der Waals surface area contributed by atoms with Gasteiger partial charge in [0.1, 0.15) is 22.6 Å². The molecular weight excluding hydrogens is 519 g/mol. The molecule has 0 spiro atoms. The summed E-state index contributed by atoms with van der Waals surface area (Å²) < 4.78 is 32.7. The van der Waals surface area contributed by atoms with Crippen molar-refractivity contribution in [1.82, 2.24) is 9.73 Å². The quantitative estimate of drug-likeness (QED) is 0.269. The normalized spacial score (nSPS) is 16.6. The van der Waals surface area contributed by atoms with Crippen molar-refractivity contribution in [3.8, 4) is 11.3 Å². The van der Waals surface area contributed by atoms with Gasteiger partial charge in [0, 0.05) is 23.2 Å². The highest BCUT2D eigenvalue weighted by molar-refractivity contribution is 7.89. The smallest absolute Gasteiger partial charge is 0.288 e. The number of benzene rings is 2. The number of hydrazone groups is 1. The Morgan fingerprint density at radius 3 is 2.63 bits per heavy atom. The molecule has 182 valence electrons. The molecule has 2 heterocycles. The van der Waals surface area contributed by atoms with Gasteiger partial charge in [-0.2, -0.15) is 9.41 Å². The maximum absolute atomic E-state index is 13.0. The molecule has 0 bridgehead atoms. The van der Waals surface area contributed by atoms with Crippen LogP contribution in [0.1, 0.15) is 18.6 Å². The van der Waals surface area contributed by atoms with Crippen molar-refractivity contribution in [3.63, 3.8) is 0 Å². The van der Waals surface area contributed by atoms with E-state index >= 15 is 0 Å². The molecule has 13 heteroatoms. The average Bonchev–Trinajstić information content (AvgIpc) is 3.50. The number of hydrogen-bond acceptors (Lipinski definition) is 7. The van der Waals surface area contributed by atoms with E-state index in [1.807, 2.05) is 0 Å². The van der Waals surface area contributed by atoms with Gasteiger partial charge in [-0.3, -0.25) is 14.9 Å². The molecule has 10 nitrogen and oxygen atoms in total. The number of carbonyl (C=O) groups is 1. The first-order valence-electron chi connectivity index (χ1n) is 10.3. The van der Waals surface area contributed by atoms with Crippen LogP contribution in [-0.4, -0.2) is 42.4 Å². The standard InChI is InChI=1S/C22H18Cl2N4O6S/c23-15-4-7-17(8-5-15)35(32,33)27-11-1-2-19(27)22(29)26-25-13-16-6-10-21(34-16)14-3-9-18(24)20(12-14)28(30)31/h3-10,12-13,19H,1-2,11H2,(H,26,29)/b25-13-/t19-/m0/s1. The largest absolute Gasteiger partial charge is 0.455 e. The van der Waals surface area contributed by atoms with Gasteiger partial charge in [-0.1, -0.05) is 23.2 Å². The zero-order valence-corrected chi connectivity index (χ0v) is 20.3. The van der Waals surface area contributed by atoms with Gasteiger partial charge in [-0.15, -0.1) is 0 Å². The minimum atomic E-state index is -3.88. The zero-order valence-electron chi connectivity index (χ0n) is 17.9. The molecule has 35 heavy (non-hydrogen) atoms. The van der Waals surface area contributed by atoms with Crippen molar-refractivity contribution < 1.29 is 22.6 Å². The van der Waals surface area contributed by atoms with Crippen LogP contribution >= 0.6 is 23.2 Å². The van der Waals surface area contributed by atoms with Crippen LogP contribution in [0.25, 0.3) is 11.3 Å². The van der Waals surface area contributed by atoms with Gasteiger partial charge in [0.2, 0.25) is 10.0 Å². The van der Waals surface area contributed by atoms with Gasteiger partial charge in [0.15, 0.2) is 0 Å². The van der Waals surface area contributed by atoms with Crippen molar-refractivity contribution in [3.05, 3.63) is 80.5 Å². The van der Waals surface area contributed by atoms with Gasteiger partial charge < -0.3 is 4.42 Å². The fourth-order valence-corrected chi connectivity index (χ4v) is 5.62. The number of halogens is 2. The van der Waals surface area contributed by atoms with Gasteiger partial charge >= 0.3 is 0 Å². The van der Waals surface area contributed by atoms with Crippen LogP contribution in [-0.2, 0) is 14.8 Å². The van der Waals surface area contributed by atoms with E-state index in [1.165, 1.54) is 42.6 Å². The van der Waals surface area contributed by atoms with Gasteiger partial charge in [0.05, 0.1) is 16.0 Å². The number of amides is 1. The summed E-state index contributed by atoms with van der Waals surface area (Å²) in [6.45, 7) is 0.210. The number of nitrogens with one attached hydrogen (secondary N) is 1. The lowest BCUT2D eigenvalue weighted by molar-refractivity contribution is -0.384. The Hall–Kier alpha value is -3.25. The van der Waals surface area contributed by atoms with Crippen molar-refractivity contribution >= 4 is 51.0 Å². The summed E-state index contributed by atoms with van der Waals surface area (Å²) in [4.78, 5) is 23.2. The molecule has 2 aromatic carbocycles. The maximum Gasteiger partial charge on any atom is 0.288 e. The van der Waals surface area contributed by atoms with Crippen molar-refractivity contribution in [2.45, 2.75) is 23.8 Å². The molecule has 1 aliphatic rings. The average molecular weight is 537 g/mol. The lowest BCUT2D eigenvalue weighted by atomic mass is 10.1. The predicted octanol–water partition coefficient (Wildman–Crippen LogP) is 4.47. The van der Waals surface area contributed by atoms with Crippen LogP contribution in [0.5, 0.6) is 0 Å². The van der Waals surface area contributed by atoms with E-state index < -0.39 is 26.9 Å². The molecule has 1 fully saturated rings. The SMILES string of the molecule is O=C(N/N=C\c1ccc(-c2ccc(Cl)c([N+](=O)[O-])c2)o1)[C@@H]1CCCN1S(=O)(=O)c1ccc(Cl)cc1. The fourth-order valence-electron chi connectivity index (χ4n) is 3.65. The molecule has 1 atom stereocenters. The second-order valence-corrected chi connectivity index (χ2v) is 10.3. The number of rotatable bonds is 7. The molecule has 1 saturated heterocycles. The van der Waals surface area contributed by atoms with Crippen LogP contribution in [0.4, 0.5) is 5.69 Å². The summed E-state index contributed by atoms with van der Waals surface area (Å²) in [5.41, 5.74) is 2.54. The van der Waals surface area contributed by atoms with Crippen molar-refractivity contribution in [2.75, 3.05) is 6.54 Å². The number of nitro groups is 1. The summed E-state index contributed by atoms with van der Waals surface area (Å²) in [7, 11) is -3.88. The van der Waals surface area contributed by atoms with Crippen molar-refractivity contribution in [1.29, 1.82) is 0 Å². The molecule has 0 saturated carbocycles. The molecule has 1 N–H and O–H groups in total. The highest BCUT2D eigenvalue weighted by Gasteiger charge is 2.39. The fraction of sp³-hybridized carbons (Fsp3) is 0.182. The van der Waals surface area contributed by atoms with Crippen LogP contribution in [0.15, 0.2) is 69.0 Å². The molecular formula is C22H18Cl2N4O6S. The summed E-state index contributed by atoms with van der Waals surface area (Å²) in [5.74, 6) is 0.0416. The van der Waals surface area contributed by atoms with E-state index in [-0.39, 0.29) is 27.9 Å². The van der Waals surface area contributed by atoms with E-state index in [0.29, 0.717) is 29.2 Å². The minimum absolute atomic E-state index is 0.00818. The summed E-state index contributed by atoms with van der Waals surface area (Å²) >= 11 is 11.7. The third kappa shape index (κ3) is 5.38. The Balaban J connectivity index is 1.43. The molecule has 0 unspecified atom stereocenters. The summed E-state index contributed by atoms with van der Waals surface area (Å²) in [6.07, 6.45) is 2.14. The number of nitro benzene ring substituents is 1. The van der Waals surface area contributed by atoms with E-state index in [2.05, 4.69) is 10.5 Å². The topological polar surface area (TPSA) is 135 Å². The number of nitrogens with zero attached hydrogens (tertiary/aromatic N) is 3. The molecule has 0 aliphatic carbocycles. The third-order valence-electron chi connectivity index (χ3n) is 5.35. The van der Waals surface area contributed by atoms with E-state index in [0.717, 1.165) is 4.31 Å². The Morgan fingerprint density at radius 1 is 1.17 bits per heavy atom. The van der Waals surface area contributed by atoms with Gasteiger partial charge in [-0.05, 0) is 61.4 Å². The molecule has 1 amide bonds. The Morgan fingerprint density at radius 2 is 1.91 bits per heavy atom. The minimum Gasteiger partial charge on any atom is -0.455 e. The number of carbonyl (C=O) groups excluding carboxylic acids is 1. The number of sulfonamides is 1. The Labute approximate surface area is 210 Å². The summed E-state index contributed by atoms with van der Waals surface area (Å²) in [6, 6.07) is 12.3. The van der Waals surface area contributed by atoms with E-state index in [9.17, 15) is 23.3 Å². The summed E-state index contributed by atoms with van der Waals surface area (Å²) in [5, 5.41) is 15.4. The first-order chi connectivity index (χ1) is 16.7. The Bertz CT molecular complexity index is 1410. The predicted molar refractivity (Wildman–Crippen MR) is 130 cm³/mol. The number of furan rings is 1. The third-order valence-corrected chi connectivity index (χ3v) is 7.84. The van der Waals surface area contributed by atoms with Crippen LogP contribution < -0.4 is 5.43 Å². The molecule has 1 aromatic heterocycles. The molecule has 3 aromatic rings. The second-order valence-electron chi connectivity index (χ2n) is 7.59. The van der Waals surface area contributed by atoms with Crippen LogP contribution in [0.3, 0.4) is 0 Å². The first-order valence-corrected chi connectivity index (χ1v) is 12.5. The monoisotopic (exact) mass is 536 g/mol. The molecule has 1 aliphatic heterocycles. The Kier molecular flexibility index (Phi) is 7.22. The highest BCUT2D eigenvalue weighted by atomic mass is 35.5. The van der Waals surface area contributed by atoms with Gasteiger partial charge in [0.25, 0.3) is 11.6 Å². The second kappa shape index (κ2) is 10.2. The van der Waals surface area contributed by atoms with Crippen LogP contribution in [0, 0.1) is 10.1 Å². The lowest BCUT2D eigenvalue weighted by Gasteiger charge is -2.22. The van der Waals surface area contributed by atoms with E-state index in [1.54, 1.807) is 18.2 Å². The first kappa shape index (κ1) is 24.9. The molecule has 0 radical (unpaired) electrons. The molecule has 4 rings (SSSR count). The van der Waals surface area contributed by atoms with Gasteiger partial charge in [-0.25, -0.2) is 13.8 Å². The van der Waals surface area contributed by atoms with Crippen LogP contribution in [0.2, 0.25) is 10.0 Å². The maximum atomic E-state index is 13.0. The number of hydrogen-bond donors (Lipinski definition) is 1. The van der Waals surface area contributed by atoms with Crippen molar-refractivity contribution in [2.24, 2.45) is 5.10 Å². The van der Waals surface area contributed by atoms with E-state index in [4.69, 9.17) is 27.6 Å². The lowest BCUT2D eigenvalue weighted by Crippen LogP contribution is -2.44. The highest BCUT2D eigenvalue weighted by Crippen LogP contribution is 2.31. The zero-order chi connectivity index (χ0) is 25.2.